The number of aliphatic hydroxyl groups excluding tert-OH is 1. The van der Waals surface area contributed by atoms with Crippen molar-refractivity contribution in [2.45, 2.75) is 95.4 Å². The van der Waals surface area contributed by atoms with Crippen LogP contribution in [0.3, 0.4) is 0 Å². The molecule has 0 aromatic heterocycles. The van der Waals surface area contributed by atoms with Gasteiger partial charge in [0.05, 0.1) is 12.5 Å². The second-order valence-electron chi connectivity index (χ2n) is 11.3. The smallest absolute Gasteiger partial charge is 0.309 e. The van der Waals surface area contributed by atoms with E-state index in [-0.39, 0.29) is 6.42 Å². The van der Waals surface area contributed by atoms with E-state index in [0.29, 0.717) is 23.1 Å². The Hall–Kier alpha value is -3.73. The molecule has 0 saturated heterocycles. The van der Waals surface area contributed by atoms with Crippen LogP contribution >= 0.6 is 0 Å². The van der Waals surface area contributed by atoms with Gasteiger partial charge in [0.2, 0.25) is 0 Å². The maximum atomic E-state index is 13.2. The standard InChI is InChI=1S/C40H50O4/c1-2-3-4-5-6-7-8-9-10-11-12-13-14-15-25-32-37(41)33-38(42)44-39(34-26-19-16-20-27-34)40(43,35-28-21-17-22-29-35)36-30-23-18-24-31-36/h3-4,6-7,9-10,16-24,26-31,37,39,41,43H,2,5,8,11-15,25,32-33H2,1H3/t37-,39?/m1/s1. The van der Waals surface area contributed by atoms with Gasteiger partial charge < -0.3 is 14.9 Å². The predicted molar refractivity (Wildman–Crippen MR) is 181 cm³/mol. The molecule has 0 radical (unpaired) electrons. The lowest BCUT2D eigenvalue weighted by molar-refractivity contribution is -0.165. The molecule has 3 aromatic carbocycles. The molecule has 0 aliphatic carbocycles. The Morgan fingerprint density at radius 1 is 0.705 bits per heavy atom. The quantitative estimate of drug-likeness (QED) is 0.0777. The van der Waals surface area contributed by atoms with Crippen LogP contribution in [0.25, 0.3) is 0 Å². The van der Waals surface area contributed by atoms with Gasteiger partial charge in [-0.3, -0.25) is 4.79 Å². The topological polar surface area (TPSA) is 66.8 Å². The van der Waals surface area contributed by atoms with Crippen LogP contribution in [0.5, 0.6) is 0 Å². The third-order valence-electron chi connectivity index (χ3n) is 7.75. The number of rotatable bonds is 20. The molecule has 0 fully saturated rings. The Labute approximate surface area is 264 Å². The number of esters is 1. The average molecular weight is 595 g/mol. The SMILES string of the molecule is CCC=CCC=CCC=CCCCCCCC[C@@H](O)CC(=O)OC(c1ccccc1)C(O)(c1ccccc1)c1ccccc1. The van der Waals surface area contributed by atoms with Gasteiger partial charge in [-0.2, -0.15) is 0 Å². The van der Waals surface area contributed by atoms with Crippen molar-refractivity contribution in [3.05, 3.63) is 144 Å². The molecule has 234 valence electrons. The van der Waals surface area contributed by atoms with E-state index in [0.717, 1.165) is 51.4 Å². The van der Waals surface area contributed by atoms with Crippen LogP contribution in [0.1, 0.15) is 100 Å². The molecule has 4 heteroatoms. The van der Waals surface area contributed by atoms with E-state index in [1.807, 2.05) is 91.0 Å². The summed E-state index contributed by atoms with van der Waals surface area (Å²) in [5.41, 5.74) is 0.298. The monoisotopic (exact) mass is 594 g/mol. The first-order chi connectivity index (χ1) is 21.6. The number of carbonyl (C=O) groups is 1. The summed E-state index contributed by atoms with van der Waals surface area (Å²) in [6.07, 6.45) is 21.5. The van der Waals surface area contributed by atoms with E-state index in [9.17, 15) is 15.0 Å². The third-order valence-corrected chi connectivity index (χ3v) is 7.75. The predicted octanol–water partition coefficient (Wildman–Crippen LogP) is 9.55. The van der Waals surface area contributed by atoms with Crippen LogP contribution < -0.4 is 0 Å². The number of allylic oxidation sites excluding steroid dienone is 6. The Morgan fingerprint density at radius 3 is 1.80 bits per heavy atom. The molecule has 0 aliphatic heterocycles. The van der Waals surface area contributed by atoms with Crippen LogP contribution in [-0.2, 0) is 15.1 Å². The first-order valence-corrected chi connectivity index (χ1v) is 16.3. The van der Waals surface area contributed by atoms with Crippen molar-refractivity contribution in [2.24, 2.45) is 0 Å². The van der Waals surface area contributed by atoms with Crippen molar-refractivity contribution in [2.75, 3.05) is 0 Å². The Kier molecular flexibility index (Phi) is 16.0. The Bertz CT molecular complexity index is 1230. The summed E-state index contributed by atoms with van der Waals surface area (Å²) in [7, 11) is 0. The number of ether oxygens (including phenoxy) is 1. The minimum atomic E-state index is -1.62. The number of unbranched alkanes of at least 4 members (excludes halogenated alkanes) is 5. The van der Waals surface area contributed by atoms with Gasteiger partial charge in [0, 0.05) is 0 Å². The normalized spacial score (nSPS) is 13.5. The maximum Gasteiger partial charge on any atom is 0.309 e. The third kappa shape index (κ3) is 11.7. The lowest BCUT2D eigenvalue weighted by Gasteiger charge is -2.37. The summed E-state index contributed by atoms with van der Waals surface area (Å²) < 4.78 is 6.05. The summed E-state index contributed by atoms with van der Waals surface area (Å²) in [4.78, 5) is 13.2. The van der Waals surface area contributed by atoms with Crippen molar-refractivity contribution in [3.63, 3.8) is 0 Å². The van der Waals surface area contributed by atoms with Crippen LogP contribution in [0.15, 0.2) is 127 Å². The van der Waals surface area contributed by atoms with Crippen LogP contribution in [-0.4, -0.2) is 22.3 Å². The summed E-state index contributed by atoms with van der Waals surface area (Å²) in [5, 5.41) is 23.0. The van der Waals surface area contributed by atoms with Gasteiger partial charge in [0.25, 0.3) is 0 Å². The maximum absolute atomic E-state index is 13.2. The van der Waals surface area contributed by atoms with Gasteiger partial charge in [-0.25, -0.2) is 0 Å². The van der Waals surface area contributed by atoms with Crippen molar-refractivity contribution < 1.29 is 19.7 Å². The highest BCUT2D eigenvalue weighted by atomic mass is 16.6. The van der Waals surface area contributed by atoms with Crippen molar-refractivity contribution >= 4 is 5.97 Å². The molecular formula is C40H50O4. The highest BCUT2D eigenvalue weighted by molar-refractivity contribution is 5.70. The summed E-state index contributed by atoms with van der Waals surface area (Å²) >= 11 is 0. The molecule has 0 aliphatic rings. The lowest BCUT2D eigenvalue weighted by atomic mass is 9.79. The number of benzene rings is 3. The number of aliphatic hydroxyl groups is 2. The van der Waals surface area contributed by atoms with Crippen molar-refractivity contribution in [1.29, 1.82) is 0 Å². The number of hydrogen-bond donors (Lipinski definition) is 2. The minimum absolute atomic E-state index is 0.114. The number of carbonyl (C=O) groups excluding carboxylic acids is 1. The molecule has 0 bridgehead atoms. The molecule has 0 heterocycles. The first-order valence-electron chi connectivity index (χ1n) is 16.3. The van der Waals surface area contributed by atoms with E-state index in [1.165, 1.54) is 6.42 Å². The zero-order valence-corrected chi connectivity index (χ0v) is 26.3. The number of hydrogen-bond acceptors (Lipinski definition) is 4. The fraction of sp³-hybridized carbons (Fsp3) is 0.375. The molecule has 3 rings (SSSR count). The second kappa shape index (κ2) is 20.3. The molecule has 1 unspecified atom stereocenters. The molecule has 0 spiro atoms. The molecule has 0 saturated carbocycles. The summed E-state index contributed by atoms with van der Waals surface area (Å²) in [6.45, 7) is 2.15. The van der Waals surface area contributed by atoms with Crippen molar-refractivity contribution in [1.82, 2.24) is 0 Å². The van der Waals surface area contributed by atoms with E-state index in [4.69, 9.17) is 4.74 Å². The van der Waals surface area contributed by atoms with Gasteiger partial charge in [-0.05, 0) is 55.2 Å². The van der Waals surface area contributed by atoms with Crippen molar-refractivity contribution in [3.8, 4) is 0 Å². The van der Waals surface area contributed by atoms with E-state index in [2.05, 4.69) is 43.4 Å². The average Bonchev–Trinajstić information content (AvgIpc) is 3.06. The molecular weight excluding hydrogens is 544 g/mol. The lowest BCUT2D eigenvalue weighted by Crippen LogP contribution is -2.38. The molecule has 4 nitrogen and oxygen atoms in total. The second-order valence-corrected chi connectivity index (χ2v) is 11.3. The van der Waals surface area contributed by atoms with Gasteiger partial charge in [0.15, 0.2) is 11.7 Å². The van der Waals surface area contributed by atoms with Gasteiger partial charge in [0.1, 0.15) is 0 Å². The first kappa shape index (κ1) is 34.8. The zero-order valence-electron chi connectivity index (χ0n) is 26.3. The fourth-order valence-corrected chi connectivity index (χ4v) is 5.35. The van der Waals surface area contributed by atoms with Gasteiger partial charge in [-0.1, -0.05) is 160 Å². The van der Waals surface area contributed by atoms with E-state index >= 15 is 0 Å². The molecule has 2 atom stereocenters. The van der Waals surface area contributed by atoms with Crippen LogP contribution in [0, 0.1) is 0 Å². The summed E-state index contributed by atoms with van der Waals surface area (Å²) in [5.74, 6) is -0.532. The highest BCUT2D eigenvalue weighted by Gasteiger charge is 2.44. The van der Waals surface area contributed by atoms with Crippen LogP contribution in [0.2, 0.25) is 0 Å². The largest absolute Gasteiger partial charge is 0.454 e. The van der Waals surface area contributed by atoms with Crippen LogP contribution in [0.4, 0.5) is 0 Å². The van der Waals surface area contributed by atoms with Gasteiger partial charge in [-0.15, -0.1) is 0 Å². The Morgan fingerprint density at radius 2 is 1.20 bits per heavy atom. The van der Waals surface area contributed by atoms with Gasteiger partial charge >= 0.3 is 5.97 Å². The molecule has 3 aromatic rings. The van der Waals surface area contributed by atoms with E-state index < -0.39 is 23.8 Å². The zero-order chi connectivity index (χ0) is 31.3. The van der Waals surface area contributed by atoms with E-state index in [1.54, 1.807) is 0 Å². The minimum Gasteiger partial charge on any atom is -0.454 e. The molecule has 2 N–H and O–H groups in total. The fourth-order valence-electron chi connectivity index (χ4n) is 5.35. The summed E-state index contributed by atoms with van der Waals surface area (Å²) in [6, 6.07) is 27.9. The highest BCUT2D eigenvalue weighted by Crippen LogP contribution is 2.43. The molecule has 0 amide bonds. The molecule has 44 heavy (non-hydrogen) atoms. The Balaban J connectivity index is 1.47.